The van der Waals surface area contributed by atoms with Gasteiger partial charge in [-0.25, -0.2) is 4.79 Å². The van der Waals surface area contributed by atoms with E-state index in [4.69, 9.17) is 4.74 Å². The van der Waals surface area contributed by atoms with E-state index in [0.717, 1.165) is 37.7 Å². The topological polar surface area (TPSA) is 58.6 Å². The van der Waals surface area contributed by atoms with Gasteiger partial charge in [-0.15, -0.1) is 0 Å². The van der Waals surface area contributed by atoms with E-state index in [1.807, 2.05) is 12.1 Å². The highest BCUT2D eigenvalue weighted by molar-refractivity contribution is 5.95. The van der Waals surface area contributed by atoms with Gasteiger partial charge < -0.3 is 15.0 Å². The lowest BCUT2D eigenvalue weighted by molar-refractivity contribution is -0.143. The Bertz CT molecular complexity index is 1090. The van der Waals surface area contributed by atoms with Gasteiger partial charge in [-0.1, -0.05) is 62.9 Å². The molecule has 0 saturated carbocycles. The Morgan fingerprint density at radius 2 is 1.55 bits per heavy atom. The van der Waals surface area contributed by atoms with Crippen LogP contribution < -0.4 is 5.32 Å². The van der Waals surface area contributed by atoms with Crippen molar-refractivity contribution in [1.82, 2.24) is 10.2 Å². The molecular formula is C29H34F6N2O3. The highest BCUT2D eigenvalue weighted by Crippen LogP contribution is 2.37. The van der Waals surface area contributed by atoms with Crippen molar-refractivity contribution in [3.8, 4) is 0 Å². The zero-order chi connectivity index (χ0) is 29.3. The van der Waals surface area contributed by atoms with Crippen molar-refractivity contribution in [3.63, 3.8) is 0 Å². The molecule has 0 radical (unpaired) electrons. The Hall–Kier alpha value is -3.24. The molecule has 1 heterocycles. The number of rotatable bonds is 10. The molecule has 1 fully saturated rings. The summed E-state index contributed by atoms with van der Waals surface area (Å²) < 4.78 is 86.0. The average Bonchev–Trinajstić information content (AvgIpc) is 2.90. The minimum absolute atomic E-state index is 0.000722. The number of carbonyl (C=O) groups excluding carboxylic acids is 2. The first-order valence-electron chi connectivity index (χ1n) is 13.5. The summed E-state index contributed by atoms with van der Waals surface area (Å²) in [5.41, 5.74) is -2.97. The second-order valence-electron chi connectivity index (χ2n) is 10.0. The second kappa shape index (κ2) is 13.9. The molecule has 1 aliphatic rings. The molecule has 0 aliphatic carbocycles. The number of halogens is 6. The van der Waals surface area contributed by atoms with E-state index >= 15 is 0 Å². The SMILES string of the molecule is CCCCCCCNC(=O)O[C@H]1CCN(C(=O)c2cc(C(F)(F)F)cc(C(F)(F)F)c2)[C@H](Cc2ccccc2)C1. The Labute approximate surface area is 229 Å². The first kappa shape index (κ1) is 31.3. The number of alkyl carbamates (subject to hydrolysis) is 1. The summed E-state index contributed by atoms with van der Waals surface area (Å²) in [6.07, 6.45) is -5.49. The molecule has 3 rings (SSSR count). The lowest BCUT2D eigenvalue weighted by atomic mass is 9.92. The van der Waals surface area contributed by atoms with Crippen LogP contribution in [0, 0.1) is 0 Å². The highest BCUT2D eigenvalue weighted by Gasteiger charge is 2.39. The largest absolute Gasteiger partial charge is 0.446 e. The maximum Gasteiger partial charge on any atom is 0.416 e. The van der Waals surface area contributed by atoms with Crippen LogP contribution >= 0.6 is 0 Å². The quantitative estimate of drug-likeness (QED) is 0.235. The van der Waals surface area contributed by atoms with E-state index in [-0.39, 0.29) is 31.9 Å². The van der Waals surface area contributed by atoms with Crippen LogP contribution in [0.1, 0.15) is 78.9 Å². The number of nitrogens with one attached hydrogen (secondary N) is 1. The molecule has 1 saturated heterocycles. The minimum atomic E-state index is -5.07. The Kier molecular flexibility index (Phi) is 10.9. The van der Waals surface area contributed by atoms with E-state index in [2.05, 4.69) is 12.2 Å². The number of hydrogen-bond donors (Lipinski definition) is 1. The van der Waals surface area contributed by atoms with Gasteiger partial charge in [0.2, 0.25) is 0 Å². The van der Waals surface area contributed by atoms with Gasteiger partial charge in [0, 0.05) is 37.5 Å². The fraction of sp³-hybridized carbons (Fsp3) is 0.517. The van der Waals surface area contributed by atoms with Gasteiger partial charge in [-0.2, -0.15) is 26.3 Å². The number of ether oxygens (including phenoxy) is 1. The maximum absolute atomic E-state index is 13.4. The molecule has 11 heteroatoms. The molecule has 40 heavy (non-hydrogen) atoms. The van der Waals surface area contributed by atoms with Gasteiger partial charge in [-0.3, -0.25) is 4.79 Å². The molecule has 2 aromatic rings. The normalized spacial score (nSPS) is 17.9. The fourth-order valence-corrected chi connectivity index (χ4v) is 4.82. The Morgan fingerprint density at radius 1 is 0.925 bits per heavy atom. The Balaban J connectivity index is 1.77. The van der Waals surface area contributed by atoms with Crippen molar-refractivity contribution in [3.05, 3.63) is 70.8 Å². The van der Waals surface area contributed by atoms with Gasteiger partial charge in [0.15, 0.2) is 0 Å². The third-order valence-corrected chi connectivity index (χ3v) is 6.90. The number of nitrogens with zero attached hydrogens (tertiary/aromatic N) is 1. The van der Waals surface area contributed by atoms with Crippen LogP contribution in [-0.4, -0.2) is 42.1 Å². The van der Waals surface area contributed by atoms with Crippen LogP contribution in [0.5, 0.6) is 0 Å². The standard InChI is InChI=1S/C29H34F6N2O3/c1-2-3-4-5-9-13-36-27(39)40-25-12-14-37(24(19-25)15-20-10-7-6-8-11-20)26(38)21-16-22(28(30,31)32)18-23(17-21)29(33,34)35/h6-8,10-11,16-18,24-25H,2-5,9,12-15,19H2,1H3,(H,36,39)/t24-,25+/m1/s1. The van der Waals surface area contributed by atoms with Crippen molar-refractivity contribution < 1.29 is 40.7 Å². The number of piperidine rings is 1. The molecule has 1 aliphatic heterocycles. The number of benzene rings is 2. The fourth-order valence-electron chi connectivity index (χ4n) is 4.82. The number of carbonyl (C=O) groups is 2. The molecule has 0 spiro atoms. The van der Waals surface area contributed by atoms with E-state index in [0.29, 0.717) is 18.7 Å². The lowest BCUT2D eigenvalue weighted by Crippen LogP contribution is -2.50. The summed E-state index contributed by atoms with van der Waals surface area (Å²) >= 11 is 0. The van der Waals surface area contributed by atoms with Crippen LogP contribution in [0.25, 0.3) is 0 Å². The Morgan fingerprint density at radius 3 is 2.15 bits per heavy atom. The molecule has 0 unspecified atom stereocenters. The summed E-state index contributed by atoms with van der Waals surface area (Å²) in [5.74, 6) is -0.937. The summed E-state index contributed by atoms with van der Waals surface area (Å²) in [4.78, 5) is 27.0. The number of unbranched alkanes of at least 4 members (excludes halogenated alkanes) is 4. The van der Waals surface area contributed by atoms with Crippen molar-refractivity contribution in [2.24, 2.45) is 0 Å². The summed E-state index contributed by atoms with van der Waals surface area (Å²) in [7, 11) is 0. The van der Waals surface area contributed by atoms with Crippen molar-refractivity contribution >= 4 is 12.0 Å². The predicted octanol–water partition coefficient (Wildman–Crippen LogP) is 7.64. The molecule has 0 aromatic heterocycles. The summed E-state index contributed by atoms with van der Waals surface area (Å²) in [6.45, 7) is 2.58. The zero-order valence-corrected chi connectivity index (χ0v) is 22.3. The van der Waals surface area contributed by atoms with Gasteiger partial charge >= 0.3 is 18.4 Å². The third-order valence-electron chi connectivity index (χ3n) is 6.90. The smallest absolute Gasteiger partial charge is 0.416 e. The van der Waals surface area contributed by atoms with Crippen molar-refractivity contribution in [1.29, 1.82) is 0 Å². The number of likely N-dealkylation sites (tertiary alicyclic amines) is 1. The van der Waals surface area contributed by atoms with Crippen LogP contribution in [0.2, 0.25) is 0 Å². The number of amides is 2. The maximum atomic E-state index is 13.4. The van der Waals surface area contributed by atoms with Gasteiger partial charge in [0.1, 0.15) is 6.10 Å². The molecule has 2 amide bonds. The average molecular weight is 573 g/mol. The molecule has 0 bridgehead atoms. The first-order valence-corrected chi connectivity index (χ1v) is 13.5. The third kappa shape index (κ3) is 9.16. The first-order chi connectivity index (χ1) is 18.9. The summed E-state index contributed by atoms with van der Waals surface area (Å²) in [6, 6.07) is 9.28. The lowest BCUT2D eigenvalue weighted by Gasteiger charge is -2.39. The number of hydrogen-bond acceptors (Lipinski definition) is 3. The van der Waals surface area contributed by atoms with E-state index in [1.165, 1.54) is 4.90 Å². The second-order valence-corrected chi connectivity index (χ2v) is 10.0. The number of alkyl halides is 6. The monoisotopic (exact) mass is 572 g/mol. The van der Waals surface area contributed by atoms with Gasteiger partial charge in [0.05, 0.1) is 11.1 Å². The minimum Gasteiger partial charge on any atom is -0.446 e. The molecule has 2 aromatic carbocycles. The summed E-state index contributed by atoms with van der Waals surface area (Å²) in [5, 5.41) is 2.72. The van der Waals surface area contributed by atoms with Crippen LogP contribution in [0.15, 0.2) is 48.5 Å². The van der Waals surface area contributed by atoms with Crippen LogP contribution in [0.3, 0.4) is 0 Å². The van der Waals surface area contributed by atoms with Crippen LogP contribution in [-0.2, 0) is 23.5 Å². The van der Waals surface area contributed by atoms with Gasteiger partial charge in [0.25, 0.3) is 5.91 Å². The van der Waals surface area contributed by atoms with E-state index in [9.17, 15) is 35.9 Å². The van der Waals surface area contributed by atoms with Crippen molar-refractivity contribution in [2.75, 3.05) is 13.1 Å². The van der Waals surface area contributed by atoms with Gasteiger partial charge in [-0.05, 0) is 36.6 Å². The van der Waals surface area contributed by atoms with Crippen LogP contribution in [0.4, 0.5) is 31.1 Å². The van der Waals surface area contributed by atoms with Crippen molar-refractivity contribution in [2.45, 2.75) is 82.8 Å². The van der Waals surface area contributed by atoms with E-state index < -0.39 is 53.2 Å². The predicted molar refractivity (Wildman–Crippen MR) is 138 cm³/mol. The zero-order valence-electron chi connectivity index (χ0n) is 22.3. The highest BCUT2D eigenvalue weighted by atomic mass is 19.4. The molecular weight excluding hydrogens is 538 g/mol. The molecule has 2 atom stereocenters. The van der Waals surface area contributed by atoms with E-state index in [1.54, 1.807) is 18.2 Å². The molecule has 220 valence electrons. The molecule has 5 nitrogen and oxygen atoms in total. The molecule has 1 N–H and O–H groups in total.